The molecule has 0 spiro atoms. The van der Waals surface area contributed by atoms with Gasteiger partial charge in [0.15, 0.2) is 6.10 Å². The number of rotatable bonds is 13. The van der Waals surface area contributed by atoms with Gasteiger partial charge in [-0.15, -0.1) is 23.2 Å². The number of halogens is 2. The molecule has 5 rings (SSSR count). The Labute approximate surface area is 277 Å². The van der Waals surface area contributed by atoms with E-state index in [1.54, 1.807) is 12.1 Å². The van der Waals surface area contributed by atoms with Crippen molar-refractivity contribution in [1.29, 1.82) is 0 Å². The van der Waals surface area contributed by atoms with Crippen molar-refractivity contribution in [2.75, 3.05) is 47.0 Å². The number of aromatic nitrogens is 1. The number of para-hydroxylation sites is 2. The van der Waals surface area contributed by atoms with Gasteiger partial charge in [-0.25, -0.2) is 14.6 Å². The predicted octanol–water partition coefficient (Wildman–Crippen LogP) is 8.56. The number of hydrogen-bond acceptors (Lipinski definition) is 7. The second-order valence-electron chi connectivity index (χ2n) is 10.5. The van der Waals surface area contributed by atoms with Crippen LogP contribution in [-0.4, -0.2) is 48.6 Å². The fourth-order valence-electron chi connectivity index (χ4n) is 5.29. The van der Waals surface area contributed by atoms with Crippen LogP contribution < -0.4 is 21.3 Å². The minimum Gasteiger partial charge on any atom is -0.449 e. The summed E-state index contributed by atoms with van der Waals surface area (Å²) in [6.07, 6.45) is -1.75. The predicted molar refractivity (Wildman–Crippen MR) is 187 cm³/mol. The number of nitrogens with two attached hydrogens (primary N) is 1. The van der Waals surface area contributed by atoms with Gasteiger partial charge >= 0.3 is 12.2 Å². The summed E-state index contributed by atoms with van der Waals surface area (Å²) >= 11 is 12.0. The van der Waals surface area contributed by atoms with E-state index in [0.717, 1.165) is 33.2 Å². The molecule has 0 aliphatic rings. The summed E-state index contributed by atoms with van der Waals surface area (Å²) in [7, 11) is 0. The van der Waals surface area contributed by atoms with E-state index in [1.165, 1.54) is 0 Å². The minimum atomic E-state index is -0.943. The van der Waals surface area contributed by atoms with E-state index < -0.39 is 18.3 Å². The Hall–Kier alpha value is -4.73. The summed E-state index contributed by atoms with van der Waals surface area (Å²) < 4.78 is 11.0. The zero-order valence-corrected chi connectivity index (χ0v) is 26.9. The van der Waals surface area contributed by atoms with Crippen molar-refractivity contribution in [1.82, 2.24) is 4.98 Å². The maximum absolute atomic E-state index is 12.6. The molecule has 4 aromatic carbocycles. The molecule has 1 atom stereocenters. The SMILES string of the molecule is CCCOC(=O)Nc1cc(Nc2c3ccccc3nc3ccccc23)cc(C(OC(N)=O)c2ccc(N(CCCl)CCCl)cc2)c1. The third-order valence-corrected chi connectivity index (χ3v) is 7.64. The minimum absolute atomic E-state index is 0.274. The number of pyridine rings is 1. The van der Waals surface area contributed by atoms with Crippen LogP contribution in [0.1, 0.15) is 30.6 Å². The first-order chi connectivity index (χ1) is 22.4. The summed E-state index contributed by atoms with van der Waals surface area (Å²) in [6, 6.07) is 28.7. The van der Waals surface area contributed by atoms with Gasteiger partial charge < -0.3 is 25.4 Å². The lowest BCUT2D eigenvalue weighted by atomic mass is 9.99. The second-order valence-corrected chi connectivity index (χ2v) is 11.3. The van der Waals surface area contributed by atoms with Crippen LogP contribution in [0.15, 0.2) is 91.0 Å². The maximum Gasteiger partial charge on any atom is 0.411 e. The van der Waals surface area contributed by atoms with Crippen LogP contribution in [-0.2, 0) is 9.47 Å². The number of alkyl halides is 2. The summed E-state index contributed by atoms with van der Waals surface area (Å²) in [4.78, 5) is 31.7. The molecule has 4 N–H and O–H groups in total. The number of carbonyl (C=O) groups is 2. The number of benzene rings is 4. The first-order valence-corrected chi connectivity index (χ1v) is 16.0. The van der Waals surface area contributed by atoms with E-state index in [2.05, 4.69) is 15.5 Å². The molecule has 46 heavy (non-hydrogen) atoms. The average molecular weight is 661 g/mol. The van der Waals surface area contributed by atoms with Gasteiger partial charge in [0.25, 0.3) is 0 Å². The highest BCUT2D eigenvalue weighted by molar-refractivity contribution is 6.18. The van der Waals surface area contributed by atoms with Gasteiger partial charge in [-0.05, 0) is 54.4 Å². The Morgan fingerprint density at radius 3 is 2.04 bits per heavy atom. The molecule has 238 valence electrons. The van der Waals surface area contributed by atoms with Crippen LogP contribution in [0.5, 0.6) is 0 Å². The molecule has 1 heterocycles. The van der Waals surface area contributed by atoms with Crippen molar-refractivity contribution < 1.29 is 19.1 Å². The lowest BCUT2D eigenvalue weighted by molar-refractivity contribution is 0.126. The zero-order chi connectivity index (χ0) is 32.5. The molecule has 5 aromatic rings. The number of primary amides is 1. The Bertz CT molecular complexity index is 1760. The molecular weight excluding hydrogens is 625 g/mol. The number of ether oxygens (including phenoxy) is 2. The number of fused-ring (bicyclic) bond motifs is 2. The Morgan fingerprint density at radius 1 is 0.848 bits per heavy atom. The first-order valence-electron chi connectivity index (χ1n) is 15.0. The molecule has 2 amide bonds. The Balaban J connectivity index is 1.60. The number of nitrogens with zero attached hydrogens (tertiary/aromatic N) is 2. The molecule has 0 aliphatic heterocycles. The molecule has 0 radical (unpaired) electrons. The summed E-state index contributed by atoms with van der Waals surface area (Å²) in [5, 5.41) is 8.21. The Kier molecular flexibility index (Phi) is 11.0. The average Bonchev–Trinajstić information content (AvgIpc) is 3.06. The molecule has 0 bridgehead atoms. The molecule has 11 heteroatoms. The molecule has 0 aliphatic carbocycles. The number of carbonyl (C=O) groups excluding carboxylic acids is 2. The highest BCUT2D eigenvalue weighted by Gasteiger charge is 2.21. The smallest absolute Gasteiger partial charge is 0.411 e. The summed E-state index contributed by atoms with van der Waals surface area (Å²) in [6.45, 7) is 3.45. The van der Waals surface area contributed by atoms with Crippen molar-refractivity contribution in [3.05, 3.63) is 102 Å². The zero-order valence-electron chi connectivity index (χ0n) is 25.3. The highest BCUT2D eigenvalue weighted by atomic mass is 35.5. The van der Waals surface area contributed by atoms with Crippen LogP contribution in [0.25, 0.3) is 21.8 Å². The molecular formula is C35H35Cl2N5O4. The van der Waals surface area contributed by atoms with Crippen molar-refractivity contribution in [2.24, 2.45) is 5.73 Å². The van der Waals surface area contributed by atoms with Gasteiger partial charge in [-0.3, -0.25) is 5.32 Å². The number of anilines is 4. The first kappa shape index (κ1) is 32.7. The van der Waals surface area contributed by atoms with Crippen LogP contribution in [0, 0.1) is 0 Å². The van der Waals surface area contributed by atoms with Crippen molar-refractivity contribution in [3.8, 4) is 0 Å². The van der Waals surface area contributed by atoms with Gasteiger partial charge in [-0.2, -0.15) is 0 Å². The van der Waals surface area contributed by atoms with Crippen LogP contribution in [0.3, 0.4) is 0 Å². The standard InChI is InChI=1S/C35H35Cl2N5O4/c1-2-19-45-35(44)40-26-21-24(33(46-34(38)43)23-11-13-27(14-12-23)42(17-15-36)18-16-37)20-25(22-26)39-32-28-7-3-5-9-30(28)41-31-10-6-4-8-29(31)32/h3-14,20-22,33H,2,15-19H2,1H3,(H2,38,43)(H,39,41)(H,40,44). The van der Waals surface area contributed by atoms with Crippen LogP contribution in [0.4, 0.5) is 32.3 Å². The molecule has 0 fully saturated rings. The molecule has 9 nitrogen and oxygen atoms in total. The molecule has 0 saturated heterocycles. The fraction of sp³-hybridized carbons (Fsp3) is 0.229. The maximum atomic E-state index is 12.6. The number of nitrogens with one attached hydrogen (secondary N) is 2. The van der Waals surface area contributed by atoms with Crippen LogP contribution >= 0.6 is 23.2 Å². The van der Waals surface area contributed by atoms with Gasteiger partial charge in [0.2, 0.25) is 0 Å². The van der Waals surface area contributed by atoms with E-state index in [-0.39, 0.29) is 6.61 Å². The fourth-order valence-corrected chi connectivity index (χ4v) is 5.70. The normalized spacial score (nSPS) is 11.6. The van der Waals surface area contributed by atoms with E-state index in [9.17, 15) is 9.59 Å². The van der Waals surface area contributed by atoms with E-state index in [4.69, 9.17) is 43.4 Å². The largest absolute Gasteiger partial charge is 0.449 e. The second kappa shape index (κ2) is 15.5. The van der Waals surface area contributed by atoms with Crippen molar-refractivity contribution in [2.45, 2.75) is 19.4 Å². The lowest BCUT2D eigenvalue weighted by Crippen LogP contribution is -2.27. The topological polar surface area (TPSA) is 119 Å². The third-order valence-electron chi connectivity index (χ3n) is 7.30. The summed E-state index contributed by atoms with van der Waals surface area (Å²) in [5.74, 6) is 0.898. The molecule has 1 aromatic heterocycles. The van der Waals surface area contributed by atoms with Crippen molar-refractivity contribution in [3.63, 3.8) is 0 Å². The van der Waals surface area contributed by atoms with Gasteiger partial charge in [0, 0.05) is 58.2 Å². The van der Waals surface area contributed by atoms with Gasteiger partial charge in [-0.1, -0.05) is 55.5 Å². The molecule has 0 saturated carbocycles. The highest BCUT2D eigenvalue weighted by Crippen LogP contribution is 2.37. The monoisotopic (exact) mass is 659 g/mol. The van der Waals surface area contributed by atoms with Crippen molar-refractivity contribution >= 4 is 79.9 Å². The van der Waals surface area contributed by atoms with E-state index >= 15 is 0 Å². The van der Waals surface area contributed by atoms with Gasteiger partial charge in [0.05, 0.1) is 23.3 Å². The lowest BCUT2D eigenvalue weighted by Gasteiger charge is -2.24. The van der Waals surface area contributed by atoms with E-state index in [0.29, 0.717) is 53.8 Å². The molecule has 1 unspecified atom stereocenters. The Morgan fingerprint density at radius 2 is 1.46 bits per heavy atom. The van der Waals surface area contributed by atoms with E-state index in [1.807, 2.05) is 85.8 Å². The quantitative estimate of drug-likeness (QED) is 0.0855. The summed E-state index contributed by atoms with van der Waals surface area (Å²) in [5.41, 5.74) is 11.3. The van der Waals surface area contributed by atoms with Gasteiger partial charge in [0.1, 0.15) is 0 Å². The number of hydrogen-bond donors (Lipinski definition) is 3. The number of amides is 2. The van der Waals surface area contributed by atoms with Crippen LogP contribution in [0.2, 0.25) is 0 Å². The third kappa shape index (κ3) is 7.91.